The highest BCUT2D eigenvalue weighted by atomic mass is 16.4. The maximum absolute atomic E-state index is 11.6. The molecule has 20 heavy (non-hydrogen) atoms. The molecule has 1 rings (SSSR count). The molecule has 114 valence electrons. The van der Waals surface area contributed by atoms with Crippen molar-refractivity contribution in [3.63, 3.8) is 0 Å². The van der Waals surface area contributed by atoms with Crippen molar-refractivity contribution in [3.8, 4) is 0 Å². The molecule has 0 aliphatic carbocycles. The van der Waals surface area contributed by atoms with Gasteiger partial charge in [-0.1, -0.05) is 27.2 Å². The number of hydrogen-bond acceptors (Lipinski definition) is 3. The second-order valence-electron chi connectivity index (χ2n) is 5.47. The average molecular weight is 281 g/mol. The molecule has 0 aliphatic rings. The molecule has 0 spiro atoms. The standard InChI is InChI=1S/C15H27N3O2/c1-4-8-15(11-16,14(19)20)10-12-7-9-18(17-12)13(5-2)6-3/h7,9,13H,4-6,8,10-11,16H2,1-3H3,(H,19,20). The highest BCUT2D eigenvalue weighted by molar-refractivity contribution is 5.75. The van der Waals surface area contributed by atoms with Crippen molar-refractivity contribution in [1.29, 1.82) is 0 Å². The smallest absolute Gasteiger partial charge is 0.311 e. The fourth-order valence-corrected chi connectivity index (χ4v) is 2.70. The van der Waals surface area contributed by atoms with Gasteiger partial charge < -0.3 is 10.8 Å². The van der Waals surface area contributed by atoms with Crippen LogP contribution < -0.4 is 5.73 Å². The topological polar surface area (TPSA) is 81.1 Å². The third-order valence-corrected chi connectivity index (χ3v) is 4.07. The van der Waals surface area contributed by atoms with E-state index in [0.717, 1.165) is 25.0 Å². The zero-order valence-corrected chi connectivity index (χ0v) is 12.8. The van der Waals surface area contributed by atoms with E-state index >= 15 is 0 Å². The molecule has 0 amide bonds. The molecular formula is C15H27N3O2. The summed E-state index contributed by atoms with van der Waals surface area (Å²) in [5.74, 6) is -0.820. The third kappa shape index (κ3) is 3.60. The number of nitrogens with two attached hydrogens (primary N) is 1. The highest BCUT2D eigenvalue weighted by Gasteiger charge is 2.37. The lowest BCUT2D eigenvalue weighted by Crippen LogP contribution is -2.40. The minimum Gasteiger partial charge on any atom is -0.481 e. The van der Waals surface area contributed by atoms with Crippen molar-refractivity contribution in [1.82, 2.24) is 9.78 Å². The Morgan fingerprint density at radius 3 is 2.55 bits per heavy atom. The number of rotatable bonds is 9. The highest BCUT2D eigenvalue weighted by Crippen LogP contribution is 2.28. The van der Waals surface area contributed by atoms with E-state index in [4.69, 9.17) is 5.73 Å². The van der Waals surface area contributed by atoms with Crippen LogP contribution in [0.3, 0.4) is 0 Å². The van der Waals surface area contributed by atoms with Crippen molar-refractivity contribution in [3.05, 3.63) is 18.0 Å². The molecule has 0 radical (unpaired) electrons. The summed E-state index contributed by atoms with van der Waals surface area (Å²) in [6.45, 7) is 6.40. The molecule has 1 aromatic rings. The van der Waals surface area contributed by atoms with Gasteiger partial charge in [0, 0.05) is 19.2 Å². The number of carboxylic acids is 1. The predicted molar refractivity (Wildman–Crippen MR) is 79.6 cm³/mol. The molecule has 1 unspecified atom stereocenters. The monoisotopic (exact) mass is 281 g/mol. The fourth-order valence-electron chi connectivity index (χ4n) is 2.70. The zero-order chi connectivity index (χ0) is 15.2. The molecule has 0 fully saturated rings. The van der Waals surface area contributed by atoms with E-state index in [0.29, 0.717) is 18.9 Å². The first kappa shape index (κ1) is 16.7. The van der Waals surface area contributed by atoms with Gasteiger partial charge in [0.25, 0.3) is 0 Å². The Morgan fingerprint density at radius 2 is 2.10 bits per heavy atom. The molecule has 0 aromatic carbocycles. The number of carboxylic acid groups (broad SMARTS) is 1. The number of aromatic nitrogens is 2. The summed E-state index contributed by atoms with van der Waals surface area (Å²) in [6, 6.07) is 2.30. The SMILES string of the molecule is CCCC(CN)(Cc1ccn(C(CC)CC)n1)C(=O)O. The Bertz CT molecular complexity index is 427. The maximum atomic E-state index is 11.6. The van der Waals surface area contributed by atoms with Gasteiger partial charge in [-0.15, -0.1) is 0 Å². The van der Waals surface area contributed by atoms with Gasteiger partial charge in [0.15, 0.2) is 0 Å². The first-order chi connectivity index (χ1) is 9.52. The second kappa shape index (κ2) is 7.43. The van der Waals surface area contributed by atoms with Crippen LogP contribution in [0.1, 0.15) is 58.2 Å². The van der Waals surface area contributed by atoms with Crippen LogP contribution in [0.2, 0.25) is 0 Å². The van der Waals surface area contributed by atoms with Crippen LogP contribution in [0.5, 0.6) is 0 Å². The van der Waals surface area contributed by atoms with Crippen LogP contribution in [0, 0.1) is 5.41 Å². The largest absolute Gasteiger partial charge is 0.481 e. The summed E-state index contributed by atoms with van der Waals surface area (Å²) in [4.78, 5) is 11.6. The molecule has 1 atom stereocenters. The Kier molecular flexibility index (Phi) is 6.20. The second-order valence-corrected chi connectivity index (χ2v) is 5.47. The Balaban J connectivity index is 2.92. The summed E-state index contributed by atoms with van der Waals surface area (Å²) in [5.41, 5.74) is 5.68. The summed E-state index contributed by atoms with van der Waals surface area (Å²) < 4.78 is 1.95. The molecule has 5 heteroatoms. The molecule has 0 bridgehead atoms. The summed E-state index contributed by atoms with van der Waals surface area (Å²) in [5, 5.41) is 14.1. The predicted octanol–water partition coefficient (Wildman–Crippen LogP) is 2.62. The normalized spacial score (nSPS) is 14.4. The van der Waals surface area contributed by atoms with Crippen LogP contribution in [-0.4, -0.2) is 27.4 Å². The lowest BCUT2D eigenvalue weighted by molar-refractivity contribution is -0.148. The van der Waals surface area contributed by atoms with E-state index in [1.807, 2.05) is 23.9 Å². The quantitative estimate of drug-likeness (QED) is 0.729. The van der Waals surface area contributed by atoms with E-state index in [2.05, 4.69) is 18.9 Å². The van der Waals surface area contributed by atoms with Gasteiger partial charge in [-0.05, 0) is 25.3 Å². The average Bonchev–Trinajstić information content (AvgIpc) is 2.87. The molecular weight excluding hydrogens is 254 g/mol. The van der Waals surface area contributed by atoms with E-state index < -0.39 is 11.4 Å². The number of carbonyl (C=O) groups is 1. The van der Waals surface area contributed by atoms with Crippen molar-refractivity contribution >= 4 is 5.97 Å². The lowest BCUT2D eigenvalue weighted by atomic mass is 9.79. The van der Waals surface area contributed by atoms with Crippen molar-refractivity contribution in [2.45, 2.75) is 58.9 Å². The van der Waals surface area contributed by atoms with Gasteiger partial charge in [-0.25, -0.2) is 0 Å². The van der Waals surface area contributed by atoms with Gasteiger partial charge >= 0.3 is 5.97 Å². The summed E-state index contributed by atoms with van der Waals surface area (Å²) in [6.07, 6.45) is 5.77. The van der Waals surface area contributed by atoms with Gasteiger partial charge in [0.2, 0.25) is 0 Å². The van der Waals surface area contributed by atoms with Crippen LogP contribution in [0.25, 0.3) is 0 Å². The van der Waals surface area contributed by atoms with Crippen LogP contribution >= 0.6 is 0 Å². The van der Waals surface area contributed by atoms with Gasteiger partial charge in [0.1, 0.15) is 0 Å². The van der Waals surface area contributed by atoms with E-state index in [9.17, 15) is 9.90 Å². The van der Waals surface area contributed by atoms with E-state index in [-0.39, 0.29) is 6.54 Å². The van der Waals surface area contributed by atoms with Crippen LogP contribution in [-0.2, 0) is 11.2 Å². The third-order valence-electron chi connectivity index (χ3n) is 4.07. The summed E-state index contributed by atoms with van der Waals surface area (Å²) in [7, 11) is 0. The molecule has 3 N–H and O–H groups in total. The first-order valence-corrected chi connectivity index (χ1v) is 7.50. The number of nitrogens with zero attached hydrogens (tertiary/aromatic N) is 2. The van der Waals surface area contributed by atoms with Crippen LogP contribution in [0.15, 0.2) is 12.3 Å². The Hall–Kier alpha value is -1.36. The number of aliphatic carboxylic acids is 1. The van der Waals surface area contributed by atoms with Gasteiger partial charge in [0.05, 0.1) is 17.2 Å². The lowest BCUT2D eigenvalue weighted by Gasteiger charge is -2.26. The minimum absolute atomic E-state index is 0.147. The molecule has 0 aliphatic heterocycles. The summed E-state index contributed by atoms with van der Waals surface area (Å²) >= 11 is 0. The van der Waals surface area contributed by atoms with E-state index in [1.165, 1.54) is 0 Å². The van der Waals surface area contributed by atoms with Crippen LogP contribution in [0.4, 0.5) is 0 Å². The number of hydrogen-bond donors (Lipinski definition) is 2. The molecule has 1 heterocycles. The van der Waals surface area contributed by atoms with E-state index in [1.54, 1.807) is 0 Å². The molecule has 1 aromatic heterocycles. The van der Waals surface area contributed by atoms with Crippen molar-refractivity contribution in [2.75, 3.05) is 6.54 Å². The minimum atomic E-state index is -0.887. The van der Waals surface area contributed by atoms with Gasteiger partial charge in [-0.3, -0.25) is 9.48 Å². The van der Waals surface area contributed by atoms with Gasteiger partial charge in [-0.2, -0.15) is 5.10 Å². The maximum Gasteiger partial charge on any atom is 0.311 e. The zero-order valence-electron chi connectivity index (χ0n) is 12.8. The van der Waals surface area contributed by atoms with Crippen molar-refractivity contribution < 1.29 is 9.90 Å². The molecule has 0 saturated carbocycles. The Morgan fingerprint density at radius 1 is 1.45 bits per heavy atom. The Labute approximate surface area is 121 Å². The van der Waals surface area contributed by atoms with Crippen molar-refractivity contribution in [2.24, 2.45) is 11.1 Å². The molecule has 5 nitrogen and oxygen atoms in total. The first-order valence-electron chi connectivity index (χ1n) is 7.50. The molecule has 0 saturated heterocycles. The fraction of sp³-hybridized carbons (Fsp3) is 0.733.